The van der Waals surface area contributed by atoms with Crippen LogP contribution in [-0.2, 0) is 14.3 Å². The van der Waals surface area contributed by atoms with Gasteiger partial charge in [-0.1, -0.05) is 34.9 Å². The number of hydrogen-bond donors (Lipinski definition) is 9. The number of aliphatic carboxylic acids is 1. The molecule has 63 heavy (non-hydrogen) atoms. The van der Waals surface area contributed by atoms with Crippen LogP contribution in [0.1, 0.15) is 224 Å². The van der Waals surface area contributed by atoms with Crippen molar-refractivity contribution in [3.05, 3.63) is 34.9 Å². The molecule has 0 aliphatic heterocycles. The number of aliphatic hydroxyl groups excluding tert-OH is 1. The van der Waals surface area contributed by atoms with Crippen LogP contribution < -0.4 is 0 Å². The first-order valence-electron chi connectivity index (χ1n) is 23.7. The van der Waals surface area contributed by atoms with Crippen molar-refractivity contribution < 1.29 is 60.3 Å². The zero-order valence-electron chi connectivity index (χ0n) is 41.5. The first-order chi connectivity index (χ1) is 28.7. The first-order valence-corrected chi connectivity index (χ1v) is 23.7. The Bertz CT molecular complexity index is 1410. The van der Waals surface area contributed by atoms with Crippen LogP contribution in [0.4, 0.5) is 0 Å². The average Bonchev–Trinajstić information content (AvgIpc) is 3.08. The van der Waals surface area contributed by atoms with E-state index in [1.54, 1.807) is 0 Å². The van der Waals surface area contributed by atoms with E-state index in [9.17, 15) is 50.4 Å². The van der Waals surface area contributed by atoms with Crippen LogP contribution in [0, 0.1) is 0 Å². The van der Waals surface area contributed by atoms with Gasteiger partial charge in [0.1, 0.15) is 12.7 Å². The van der Waals surface area contributed by atoms with E-state index in [1.165, 1.54) is 25.0 Å². The molecule has 0 aromatic rings. The lowest BCUT2D eigenvalue weighted by atomic mass is 9.84. The maximum absolute atomic E-state index is 12.0. The molecular weight excluding hydrogens is 805 g/mol. The Balaban J connectivity index is 4.46. The Morgan fingerprint density at radius 1 is 0.476 bits per heavy atom. The number of carbonyl (C=O) groups is 2. The van der Waals surface area contributed by atoms with E-state index in [-0.39, 0.29) is 6.42 Å². The highest BCUT2D eigenvalue weighted by atomic mass is 16.5. The Kier molecular flexibility index (Phi) is 27.2. The van der Waals surface area contributed by atoms with E-state index in [4.69, 9.17) is 9.84 Å². The molecule has 0 heterocycles. The number of esters is 1. The third kappa shape index (κ3) is 33.0. The zero-order valence-corrected chi connectivity index (χ0v) is 41.5. The van der Waals surface area contributed by atoms with E-state index in [1.807, 2.05) is 47.6 Å². The van der Waals surface area contributed by atoms with Gasteiger partial charge in [-0.3, -0.25) is 9.59 Å². The summed E-state index contributed by atoms with van der Waals surface area (Å²) in [6.07, 6.45) is 17.6. The molecule has 0 aliphatic rings. The van der Waals surface area contributed by atoms with Crippen LogP contribution in [0.25, 0.3) is 0 Å². The van der Waals surface area contributed by atoms with Crippen LogP contribution in [0.15, 0.2) is 34.9 Å². The maximum atomic E-state index is 12.0. The van der Waals surface area contributed by atoms with E-state index < -0.39 is 76.7 Å². The first kappa shape index (κ1) is 60.8. The molecule has 8 atom stereocenters. The molecule has 0 aromatic carbocycles. The summed E-state index contributed by atoms with van der Waals surface area (Å²) in [5.74, 6) is -2.12. The van der Waals surface area contributed by atoms with Crippen LogP contribution in [0.2, 0.25) is 0 Å². The van der Waals surface area contributed by atoms with Gasteiger partial charge in [-0.05, 0) is 211 Å². The van der Waals surface area contributed by atoms with Crippen molar-refractivity contribution >= 4 is 11.9 Å². The molecule has 0 radical (unpaired) electrons. The van der Waals surface area contributed by atoms with E-state index >= 15 is 0 Å². The maximum Gasteiger partial charge on any atom is 0.308 e. The Hall–Kier alpha value is -2.16. The monoisotopic (exact) mass is 899 g/mol. The molecule has 0 amide bonds. The number of carboxylic acids is 1. The van der Waals surface area contributed by atoms with Gasteiger partial charge in [0, 0.05) is 0 Å². The molecule has 0 saturated heterocycles. The van der Waals surface area contributed by atoms with Crippen molar-refractivity contribution in [1.29, 1.82) is 0 Å². The second kappa shape index (κ2) is 28.1. The minimum Gasteiger partial charge on any atom is -0.481 e. The third-order valence-corrected chi connectivity index (χ3v) is 12.6. The van der Waals surface area contributed by atoms with E-state index in [0.29, 0.717) is 89.9 Å². The summed E-state index contributed by atoms with van der Waals surface area (Å²) in [6, 6.07) is 0. The minimum absolute atomic E-state index is 0.231. The van der Waals surface area contributed by atoms with Crippen molar-refractivity contribution in [3.63, 3.8) is 0 Å². The highest BCUT2D eigenvalue weighted by Gasteiger charge is 2.33. The molecular formula is C51H94O12. The summed E-state index contributed by atoms with van der Waals surface area (Å²) in [7, 11) is 0. The fourth-order valence-electron chi connectivity index (χ4n) is 8.07. The second-order valence-electron chi connectivity index (χ2n) is 21.6. The fourth-order valence-corrected chi connectivity index (χ4v) is 8.07. The number of carboxylic acid groups (broad SMARTS) is 1. The molecule has 0 aromatic heterocycles. The largest absolute Gasteiger partial charge is 0.481 e. The van der Waals surface area contributed by atoms with Gasteiger partial charge in [-0.15, -0.1) is 0 Å². The van der Waals surface area contributed by atoms with Gasteiger partial charge in [-0.2, -0.15) is 0 Å². The minimum atomic E-state index is -1.78. The summed E-state index contributed by atoms with van der Waals surface area (Å²) in [5, 5.41) is 94.8. The molecule has 0 fully saturated rings. The van der Waals surface area contributed by atoms with Crippen molar-refractivity contribution in [1.82, 2.24) is 0 Å². The highest BCUT2D eigenvalue weighted by molar-refractivity contribution is 5.73. The number of aliphatic hydroxyl groups is 8. The van der Waals surface area contributed by atoms with Gasteiger partial charge in [0.2, 0.25) is 0 Å². The SMILES string of the molecule is CC(C)=CCC[C@@](C)(O)CCC[C@@](C)(O)CCC[C@@](C)(O)CCC[C@@](C)(O)CCC[C@@](C)(O)CCC/C(C)=C/CC/C(C)=C/CC[C@@](C)(O)[C@@H](O)COC(=O)C[C@@](C)(O)CC(=O)O. The van der Waals surface area contributed by atoms with Gasteiger partial charge < -0.3 is 50.7 Å². The number of hydrogen-bond acceptors (Lipinski definition) is 11. The molecule has 0 bridgehead atoms. The van der Waals surface area contributed by atoms with Crippen LogP contribution in [-0.4, -0.2) is 110 Å². The molecule has 0 saturated carbocycles. The standard InChI is InChI=1S/C51H94O12/c1-39(2)20-13-25-45(5,56)27-16-29-47(7,58)31-18-33-49(9,60)34-19-32-48(8,59)30-17-28-46(6,57)26-14-23-40(3)21-12-22-41(4)24-15-35-51(11,62)42(52)38-63-44(55)37-50(10,61)36-43(53)54/h20-21,24,42,52,56-62H,12-19,22-23,25-38H2,1-11H3,(H,53,54)/b40-21+,41-24+/t42-,45+,46-,47+,48-,49+,50-,51+/m0/s1. The van der Waals surface area contributed by atoms with Crippen molar-refractivity contribution in [3.8, 4) is 0 Å². The summed E-state index contributed by atoms with van der Waals surface area (Å²) in [5.41, 5.74) is -3.86. The third-order valence-electron chi connectivity index (χ3n) is 12.6. The molecule has 9 N–H and O–H groups in total. The topological polar surface area (TPSA) is 225 Å². The van der Waals surface area contributed by atoms with Gasteiger partial charge in [0.05, 0.1) is 52.0 Å². The predicted octanol–water partition coefficient (Wildman–Crippen LogP) is 9.06. The van der Waals surface area contributed by atoms with Crippen LogP contribution in [0.3, 0.4) is 0 Å². The molecule has 370 valence electrons. The normalized spacial score (nSPS) is 19.9. The van der Waals surface area contributed by atoms with Gasteiger partial charge in [0.25, 0.3) is 0 Å². The Morgan fingerprint density at radius 3 is 1.25 bits per heavy atom. The Labute approximate surface area is 382 Å². The number of rotatable bonds is 36. The average molecular weight is 899 g/mol. The van der Waals surface area contributed by atoms with E-state index in [2.05, 4.69) is 32.9 Å². The van der Waals surface area contributed by atoms with Crippen molar-refractivity contribution in [2.24, 2.45) is 0 Å². The van der Waals surface area contributed by atoms with E-state index in [0.717, 1.165) is 44.1 Å². The van der Waals surface area contributed by atoms with Gasteiger partial charge >= 0.3 is 11.9 Å². The highest BCUT2D eigenvalue weighted by Crippen LogP contribution is 2.31. The summed E-state index contributed by atoms with van der Waals surface area (Å²) >= 11 is 0. The number of carbonyl (C=O) groups excluding carboxylic acids is 1. The molecule has 0 aliphatic carbocycles. The smallest absolute Gasteiger partial charge is 0.308 e. The lowest BCUT2D eigenvalue weighted by Gasteiger charge is -2.30. The lowest BCUT2D eigenvalue weighted by molar-refractivity contribution is -0.159. The summed E-state index contributed by atoms with van der Waals surface area (Å²) in [6.45, 7) is 19.6. The summed E-state index contributed by atoms with van der Waals surface area (Å²) < 4.78 is 4.98. The quantitative estimate of drug-likeness (QED) is 0.0212. The molecule has 12 nitrogen and oxygen atoms in total. The molecule has 12 heteroatoms. The van der Waals surface area contributed by atoms with Crippen LogP contribution >= 0.6 is 0 Å². The second-order valence-corrected chi connectivity index (χ2v) is 21.6. The van der Waals surface area contributed by atoms with Crippen molar-refractivity contribution in [2.75, 3.05) is 6.61 Å². The fraction of sp³-hybridized carbons (Fsp3) is 0.843. The van der Waals surface area contributed by atoms with Gasteiger partial charge in [0.15, 0.2) is 0 Å². The van der Waals surface area contributed by atoms with Gasteiger partial charge in [-0.25, -0.2) is 0 Å². The zero-order chi connectivity index (χ0) is 48.8. The lowest BCUT2D eigenvalue weighted by Crippen LogP contribution is -2.43. The number of ether oxygens (including phenoxy) is 1. The Morgan fingerprint density at radius 2 is 0.841 bits per heavy atom. The van der Waals surface area contributed by atoms with Crippen molar-refractivity contribution in [2.45, 2.75) is 269 Å². The van der Waals surface area contributed by atoms with Crippen LogP contribution in [0.5, 0.6) is 0 Å². The summed E-state index contributed by atoms with van der Waals surface area (Å²) in [4.78, 5) is 22.8. The molecule has 0 rings (SSSR count). The molecule has 0 spiro atoms. The predicted molar refractivity (Wildman–Crippen MR) is 252 cm³/mol. The number of allylic oxidation sites excluding steroid dienone is 6. The molecule has 0 unspecified atom stereocenters.